The molecule has 1 atom stereocenters. The average molecular weight is 231 g/mol. The van der Waals surface area contributed by atoms with E-state index in [1.807, 2.05) is 19.1 Å². The molecule has 0 radical (unpaired) electrons. The monoisotopic (exact) mass is 231 g/mol. The number of pyridine rings is 1. The van der Waals surface area contributed by atoms with E-state index in [0.717, 1.165) is 30.1 Å². The zero-order chi connectivity index (χ0) is 11.9. The molecule has 0 spiro atoms. The Morgan fingerprint density at radius 2 is 2.18 bits per heavy atom. The van der Waals surface area contributed by atoms with Crippen LogP contribution in [-0.2, 0) is 5.54 Å². The largest absolute Gasteiger partial charge is 0.437 e. The molecule has 1 N–H and O–H groups in total. The molecule has 1 aliphatic heterocycles. The van der Waals surface area contributed by atoms with Gasteiger partial charge in [-0.1, -0.05) is 0 Å². The summed E-state index contributed by atoms with van der Waals surface area (Å²) in [5, 5.41) is 3.50. The van der Waals surface area contributed by atoms with E-state index in [0.29, 0.717) is 5.65 Å². The molecule has 0 bridgehead atoms. The zero-order valence-electron chi connectivity index (χ0n) is 10.3. The minimum absolute atomic E-state index is 0.132. The van der Waals surface area contributed by atoms with Crippen LogP contribution in [-0.4, -0.2) is 16.5 Å². The number of aryl methyl sites for hydroxylation is 1. The van der Waals surface area contributed by atoms with Crippen LogP contribution in [0, 0.1) is 6.92 Å². The van der Waals surface area contributed by atoms with Crippen LogP contribution in [0.2, 0.25) is 0 Å². The lowest BCUT2D eigenvalue weighted by Crippen LogP contribution is -2.43. The first-order valence-corrected chi connectivity index (χ1v) is 6.17. The minimum Gasteiger partial charge on any atom is -0.437 e. The second-order valence-electron chi connectivity index (χ2n) is 5.01. The van der Waals surface area contributed by atoms with Gasteiger partial charge in [0.1, 0.15) is 0 Å². The van der Waals surface area contributed by atoms with Gasteiger partial charge < -0.3 is 9.73 Å². The average Bonchev–Trinajstić information content (AvgIpc) is 2.73. The summed E-state index contributed by atoms with van der Waals surface area (Å²) in [7, 11) is 0. The van der Waals surface area contributed by atoms with E-state index in [1.165, 1.54) is 12.8 Å². The third kappa shape index (κ3) is 1.82. The van der Waals surface area contributed by atoms with Crippen molar-refractivity contribution in [1.82, 2.24) is 15.3 Å². The number of nitrogens with one attached hydrogen (secondary N) is 1. The first-order valence-electron chi connectivity index (χ1n) is 6.17. The van der Waals surface area contributed by atoms with Crippen molar-refractivity contribution < 1.29 is 4.42 Å². The van der Waals surface area contributed by atoms with E-state index in [-0.39, 0.29) is 5.54 Å². The topological polar surface area (TPSA) is 51.0 Å². The Morgan fingerprint density at radius 3 is 2.94 bits per heavy atom. The van der Waals surface area contributed by atoms with Gasteiger partial charge in [0.15, 0.2) is 11.2 Å². The van der Waals surface area contributed by atoms with Crippen molar-refractivity contribution in [3.63, 3.8) is 0 Å². The summed E-state index contributed by atoms with van der Waals surface area (Å²) in [6, 6.07) is 3.90. The Kier molecular flexibility index (Phi) is 2.40. The first-order chi connectivity index (χ1) is 8.17. The molecular formula is C13H17N3O. The molecule has 0 saturated carbocycles. The van der Waals surface area contributed by atoms with Crippen molar-refractivity contribution >= 4 is 11.2 Å². The highest BCUT2D eigenvalue weighted by Gasteiger charge is 2.33. The van der Waals surface area contributed by atoms with Gasteiger partial charge in [-0.2, -0.15) is 4.98 Å². The minimum atomic E-state index is -0.132. The molecule has 2 aromatic heterocycles. The van der Waals surface area contributed by atoms with E-state index in [9.17, 15) is 0 Å². The summed E-state index contributed by atoms with van der Waals surface area (Å²) in [6.07, 6.45) is 3.51. The standard InChI is InChI=1S/C13H17N3O/c1-9-5-6-10-11(15-9)16-12(17-10)13(2)7-3-4-8-14-13/h5-6,14H,3-4,7-8H2,1-2H3. The lowest BCUT2D eigenvalue weighted by molar-refractivity contribution is 0.232. The quantitative estimate of drug-likeness (QED) is 0.819. The van der Waals surface area contributed by atoms with Gasteiger partial charge in [-0.3, -0.25) is 0 Å². The van der Waals surface area contributed by atoms with Gasteiger partial charge >= 0.3 is 0 Å². The molecule has 1 unspecified atom stereocenters. The highest BCUT2D eigenvalue weighted by atomic mass is 16.4. The molecule has 1 aliphatic rings. The number of fused-ring (bicyclic) bond motifs is 1. The molecule has 0 aromatic carbocycles. The van der Waals surface area contributed by atoms with Crippen LogP contribution >= 0.6 is 0 Å². The second-order valence-corrected chi connectivity index (χ2v) is 5.01. The van der Waals surface area contributed by atoms with Crippen LogP contribution in [0.1, 0.15) is 37.8 Å². The molecule has 0 amide bonds. The zero-order valence-corrected chi connectivity index (χ0v) is 10.3. The predicted octanol–water partition coefficient (Wildman–Crippen LogP) is 2.52. The molecule has 1 fully saturated rings. The van der Waals surface area contributed by atoms with Crippen molar-refractivity contribution in [1.29, 1.82) is 0 Å². The Balaban J connectivity index is 2.05. The van der Waals surface area contributed by atoms with Crippen LogP contribution in [0.25, 0.3) is 11.2 Å². The summed E-state index contributed by atoms with van der Waals surface area (Å²) in [4.78, 5) is 8.92. The van der Waals surface area contributed by atoms with Gasteiger partial charge in [0, 0.05) is 5.69 Å². The maximum Gasteiger partial charge on any atom is 0.217 e. The van der Waals surface area contributed by atoms with Crippen molar-refractivity contribution in [3.8, 4) is 0 Å². The number of piperidine rings is 1. The van der Waals surface area contributed by atoms with Gasteiger partial charge in [-0.25, -0.2) is 4.98 Å². The highest BCUT2D eigenvalue weighted by Crippen LogP contribution is 2.30. The van der Waals surface area contributed by atoms with Crippen molar-refractivity contribution in [2.75, 3.05) is 6.54 Å². The molecule has 2 aromatic rings. The van der Waals surface area contributed by atoms with E-state index in [1.54, 1.807) is 0 Å². The van der Waals surface area contributed by atoms with Crippen LogP contribution < -0.4 is 5.32 Å². The fourth-order valence-corrected chi connectivity index (χ4v) is 2.39. The molecule has 3 rings (SSSR count). The summed E-state index contributed by atoms with van der Waals surface area (Å²) in [5.74, 6) is 0.769. The van der Waals surface area contributed by atoms with Gasteiger partial charge in [-0.05, 0) is 51.8 Å². The van der Waals surface area contributed by atoms with E-state index in [2.05, 4.69) is 22.2 Å². The fourth-order valence-electron chi connectivity index (χ4n) is 2.39. The Labute approximate surface area is 100 Å². The number of rotatable bonds is 1. The van der Waals surface area contributed by atoms with Gasteiger partial charge in [0.2, 0.25) is 5.89 Å². The third-order valence-corrected chi connectivity index (χ3v) is 3.48. The van der Waals surface area contributed by atoms with Gasteiger partial charge in [-0.15, -0.1) is 0 Å². The number of hydrogen-bond acceptors (Lipinski definition) is 4. The lowest BCUT2D eigenvalue weighted by Gasteiger charge is -2.31. The van der Waals surface area contributed by atoms with Crippen LogP contribution in [0.3, 0.4) is 0 Å². The second kappa shape index (κ2) is 3.81. The first kappa shape index (κ1) is 10.7. The predicted molar refractivity (Wildman–Crippen MR) is 65.7 cm³/mol. The maximum atomic E-state index is 5.83. The third-order valence-electron chi connectivity index (χ3n) is 3.48. The Morgan fingerprint density at radius 1 is 1.29 bits per heavy atom. The molecule has 17 heavy (non-hydrogen) atoms. The lowest BCUT2D eigenvalue weighted by atomic mass is 9.91. The Hall–Kier alpha value is -1.42. The normalized spacial score (nSPS) is 25.3. The number of nitrogens with zero attached hydrogens (tertiary/aromatic N) is 2. The molecule has 90 valence electrons. The van der Waals surface area contributed by atoms with Gasteiger partial charge in [0.05, 0.1) is 5.54 Å². The van der Waals surface area contributed by atoms with Crippen LogP contribution in [0.5, 0.6) is 0 Å². The molecule has 1 saturated heterocycles. The van der Waals surface area contributed by atoms with Crippen molar-refractivity contribution in [3.05, 3.63) is 23.7 Å². The number of hydrogen-bond donors (Lipinski definition) is 1. The summed E-state index contributed by atoms with van der Waals surface area (Å²) in [6.45, 7) is 5.15. The van der Waals surface area contributed by atoms with E-state index >= 15 is 0 Å². The fraction of sp³-hybridized carbons (Fsp3) is 0.538. The van der Waals surface area contributed by atoms with E-state index in [4.69, 9.17) is 4.42 Å². The summed E-state index contributed by atoms with van der Waals surface area (Å²) in [5.41, 5.74) is 2.33. The van der Waals surface area contributed by atoms with Gasteiger partial charge in [0.25, 0.3) is 0 Å². The van der Waals surface area contributed by atoms with Crippen molar-refractivity contribution in [2.45, 2.75) is 38.6 Å². The van der Waals surface area contributed by atoms with E-state index < -0.39 is 0 Å². The Bertz CT molecular complexity index is 541. The van der Waals surface area contributed by atoms with Crippen LogP contribution in [0.15, 0.2) is 16.5 Å². The molecule has 3 heterocycles. The molecular weight excluding hydrogens is 214 g/mol. The SMILES string of the molecule is Cc1ccc2oc(C3(C)CCCCN3)nc2n1. The van der Waals surface area contributed by atoms with Crippen molar-refractivity contribution in [2.24, 2.45) is 0 Å². The molecule has 4 heteroatoms. The summed E-state index contributed by atoms with van der Waals surface area (Å²) < 4.78 is 5.83. The molecule has 4 nitrogen and oxygen atoms in total. The smallest absolute Gasteiger partial charge is 0.217 e. The number of aromatic nitrogens is 2. The highest BCUT2D eigenvalue weighted by molar-refractivity contribution is 5.67. The molecule has 0 aliphatic carbocycles. The maximum absolute atomic E-state index is 5.83. The van der Waals surface area contributed by atoms with Crippen LogP contribution in [0.4, 0.5) is 0 Å². The number of oxazole rings is 1. The summed E-state index contributed by atoms with van der Waals surface area (Å²) >= 11 is 0.